The summed E-state index contributed by atoms with van der Waals surface area (Å²) in [5.41, 5.74) is 21.4. The molecule has 1 amide bonds. The van der Waals surface area contributed by atoms with E-state index >= 15 is 0 Å². The molecule has 4 aromatic rings. The number of anilines is 2. The van der Waals surface area contributed by atoms with E-state index in [1.54, 1.807) is 30.3 Å². The van der Waals surface area contributed by atoms with E-state index in [1.807, 2.05) is 29.0 Å². The van der Waals surface area contributed by atoms with Crippen molar-refractivity contribution in [2.45, 2.75) is 44.9 Å². The number of hydrogen-bond acceptors (Lipinski definition) is 8. The van der Waals surface area contributed by atoms with Crippen LogP contribution in [0.25, 0.3) is 22.1 Å². The number of nitrogens with zero attached hydrogens (tertiary/aromatic N) is 4. The summed E-state index contributed by atoms with van der Waals surface area (Å²) in [5, 5.41) is 0. The van der Waals surface area contributed by atoms with Crippen LogP contribution in [0.15, 0.2) is 36.4 Å². The standard InChI is InChI=1S/C23H25N7O4/c1-23(2)33-18(9-29-16-5-3-12(11-31)7-14(16)27-21(29)25)19(34-23)10-30-17-6-4-13(20(24)32)8-15(17)28-22(30)26/h3-8,11,18-19H,9-10H2,1-2H3,(H2,24,32)(H2,25,27)(H2,26,28)/t18-,19?/m1/s1. The third kappa shape index (κ3) is 3.74. The van der Waals surface area contributed by atoms with E-state index in [-0.39, 0.29) is 18.2 Å². The highest BCUT2D eigenvalue weighted by atomic mass is 16.8. The van der Waals surface area contributed by atoms with Gasteiger partial charge in [0.2, 0.25) is 17.8 Å². The fraction of sp³-hybridized carbons (Fsp3) is 0.304. The van der Waals surface area contributed by atoms with Crippen LogP contribution in [0.2, 0.25) is 0 Å². The fourth-order valence-electron chi connectivity index (χ4n) is 4.50. The van der Waals surface area contributed by atoms with E-state index in [0.717, 1.165) is 17.3 Å². The Morgan fingerprint density at radius 3 is 2.03 bits per heavy atom. The number of benzene rings is 2. The average molecular weight is 463 g/mol. The number of imidazole rings is 2. The van der Waals surface area contributed by atoms with E-state index in [9.17, 15) is 9.59 Å². The van der Waals surface area contributed by atoms with Crippen LogP contribution >= 0.6 is 0 Å². The number of hydrogen-bond donors (Lipinski definition) is 3. The molecule has 2 atom stereocenters. The molecule has 1 saturated heterocycles. The lowest BCUT2D eigenvalue weighted by atomic mass is 10.1. The molecule has 1 unspecified atom stereocenters. The lowest BCUT2D eigenvalue weighted by Crippen LogP contribution is -2.32. The molecule has 1 fully saturated rings. The second-order valence-corrected chi connectivity index (χ2v) is 8.81. The van der Waals surface area contributed by atoms with Gasteiger partial charge in [-0.05, 0) is 50.2 Å². The van der Waals surface area contributed by atoms with Crippen molar-refractivity contribution in [3.05, 3.63) is 47.5 Å². The Kier molecular flexibility index (Phi) is 5.03. The van der Waals surface area contributed by atoms with E-state index in [0.29, 0.717) is 41.2 Å². The van der Waals surface area contributed by atoms with E-state index in [2.05, 4.69) is 9.97 Å². The van der Waals surface area contributed by atoms with Crippen molar-refractivity contribution in [3.63, 3.8) is 0 Å². The first kappa shape index (κ1) is 21.9. The Bertz CT molecular complexity index is 1440. The van der Waals surface area contributed by atoms with Gasteiger partial charge in [0, 0.05) is 11.1 Å². The molecule has 0 spiro atoms. The Balaban J connectivity index is 1.47. The zero-order valence-corrected chi connectivity index (χ0v) is 18.8. The second kappa shape index (κ2) is 7.82. The second-order valence-electron chi connectivity index (χ2n) is 8.81. The number of rotatable bonds is 6. The fourth-order valence-corrected chi connectivity index (χ4v) is 4.50. The van der Waals surface area contributed by atoms with Gasteiger partial charge in [0.25, 0.3) is 0 Å². The number of primary amides is 1. The molecular weight excluding hydrogens is 438 g/mol. The summed E-state index contributed by atoms with van der Waals surface area (Å²) in [6, 6.07) is 10.3. The molecule has 0 radical (unpaired) electrons. The van der Waals surface area contributed by atoms with Gasteiger partial charge in [-0.1, -0.05) is 0 Å². The molecule has 176 valence electrons. The molecule has 11 nitrogen and oxygen atoms in total. The minimum absolute atomic E-state index is 0.290. The smallest absolute Gasteiger partial charge is 0.248 e. The van der Waals surface area contributed by atoms with Crippen LogP contribution in [0.5, 0.6) is 0 Å². The quantitative estimate of drug-likeness (QED) is 0.363. The topological polar surface area (TPSA) is 166 Å². The van der Waals surface area contributed by atoms with Crippen molar-refractivity contribution in [3.8, 4) is 0 Å². The summed E-state index contributed by atoms with van der Waals surface area (Å²) in [5.74, 6) is -0.751. The number of nitrogen functional groups attached to an aromatic ring is 2. The number of aromatic nitrogens is 4. The Labute approximate surface area is 194 Å². The van der Waals surface area contributed by atoms with Gasteiger partial charge < -0.3 is 35.8 Å². The summed E-state index contributed by atoms with van der Waals surface area (Å²) < 4.78 is 16.1. The first-order valence-corrected chi connectivity index (χ1v) is 10.8. The Hall–Kier alpha value is -3.96. The summed E-state index contributed by atoms with van der Waals surface area (Å²) in [6.07, 6.45) is 0.0201. The molecule has 1 aliphatic rings. The van der Waals surface area contributed by atoms with Crippen molar-refractivity contribution in [1.29, 1.82) is 0 Å². The molecule has 0 aliphatic carbocycles. The monoisotopic (exact) mass is 463 g/mol. The molecule has 34 heavy (non-hydrogen) atoms. The molecule has 6 N–H and O–H groups in total. The molecule has 2 aromatic carbocycles. The van der Waals surface area contributed by atoms with Gasteiger partial charge in [-0.3, -0.25) is 9.59 Å². The number of ether oxygens (including phenoxy) is 2. The maximum absolute atomic E-state index is 11.5. The molecule has 11 heteroatoms. The van der Waals surface area contributed by atoms with Crippen molar-refractivity contribution in [2.24, 2.45) is 5.73 Å². The van der Waals surface area contributed by atoms with Gasteiger partial charge in [0.05, 0.1) is 35.2 Å². The number of nitrogens with two attached hydrogens (primary N) is 3. The normalized spacial score (nSPS) is 19.7. The molecule has 5 rings (SSSR count). The zero-order valence-electron chi connectivity index (χ0n) is 18.8. The summed E-state index contributed by atoms with van der Waals surface area (Å²) >= 11 is 0. The maximum atomic E-state index is 11.5. The number of carbonyl (C=O) groups excluding carboxylic acids is 2. The molecular formula is C23H25N7O4. The summed E-state index contributed by atoms with van der Waals surface area (Å²) in [4.78, 5) is 31.4. The van der Waals surface area contributed by atoms with E-state index in [4.69, 9.17) is 26.7 Å². The number of amides is 1. The number of carbonyl (C=O) groups is 2. The highest BCUT2D eigenvalue weighted by molar-refractivity contribution is 5.96. The maximum Gasteiger partial charge on any atom is 0.248 e. The van der Waals surface area contributed by atoms with E-state index < -0.39 is 11.7 Å². The highest BCUT2D eigenvalue weighted by Crippen LogP contribution is 2.33. The van der Waals surface area contributed by atoms with Crippen molar-refractivity contribution in [2.75, 3.05) is 11.5 Å². The third-order valence-electron chi connectivity index (χ3n) is 6.01. The van der Waals surface area contributed by atoms with Gasteiger partial charge in [-0.2, -0.15) is 0 Å². The van der Waals surface area contributed by atoms with Crippen molar-refractivity contribution in [1.82, 2.24) is 19.1 Å². The van der Waals surface area contributed by atoms with E-state index in [1.165, 1.54) is 0 Å². The predicted octanol–water partition coefficient (Wildman–Crippen LogP) is 1.68. The lowest BCUT2D eigenvalue weighted by Gasteiger charge is -2.20. The van der Waals surface area contributed by atoms with Crippen LogP contribution in [0.4, 0.5) is 11.9 Å². The van der Waals surface area contributed by atoms with Crippen LogP contribution in [0.3, 0.4) is 0 Å². The molecule has 3 heterocycles. The van der Waals surface area contributed by atoms with Crippen LogP contribution in [0.1, 0.15) is 34.6 Å². The highest BCUT2D eigenvalue weighted by Gasteiger charge is 2.42. The SMILES string of the molecule is CC1(C)OC(Cn2c(N)nc3cc(C(N)=O)ccc32)[C@@H](Cn2c(N)nc3cc(C=O)ccc32)O1. The number of aldehydes is 1. The minimum atomic E-state index is -0.824. The molecule has 0 bridgehead atoms. The Morgan fingerprint density at radius 2 is 1.50 bits per heavy atom. The van der Waals surface area contributed by atoms with Gasteiger partial charge >= 0.3 is 0 Å². The van der Waals surface area contributed by atoms with Crippen molar-refractivity contribution < 1.29 is 19.1 Å². The zero-order chi connectivity index (χ0) is 24.2. The van der Waals surface area contributed by atoms with Gasteiger partial charge in [0.1, 0.15) is 18.5 Å². The average Bonchev–Trinajstić information content (AvgIpc) is 3.37. The third-order valence-corrected chi connectivity index (χ3v) is 6.01. The summed E-state index contributed by atoms with van der Waals surface area (Å²) in [7, 11) is 0. The van der Waals surface area contributed by atoms with Crippen LogP contribution in [-0.4, -0.2) is 49.3 Å². The molecule has 2 aromatic heterocycles. The van der Waals surface area contributed by atoms with Crippen molar-refractivity contribution >= 4 is 46.2 Å². The van der Waals surface area contributed by atoms with Crippen LogP contribution in [-0.2, 0) is 22.6 Å². The molecule has 1 aliphatic heterocycles. The largest absolute Gasteiger partial charge is 0.369 e. The lowest BCUT2D eigenvalue weighted by molar-refractivity contribution is -0.147. The van der Waals surface area contributed by atoms with Gasteiger partial charge in [0.15, 0.2) is 5.79 Å². The summed E-state index contributed by atoms with van der Waals surface area (Å²) in [6.45, 7) is 4.45. The van der Waals surface area contributed by atoms with Crippen LogP contribution in [0, 0.1) is 0 Å². The molecule has 0 saturated carbocycles. The number of fused-ring (bicyclic) bond motifs is 2. The van der Waals surface area contributed by atoms with Gasteiger partial charge in [-0.25, -0.2) is 9.97 Å². The Morgan fingerprint density at radius 1 is 0.971 bits per heavy atom. The first-order valence-electron chi connectivity index (χ1n) is 10.8. The predicted molar refractivity (Wildman–Crippen MR) is 126 cm³/mol. The van der Waals surface area contributed by atoms with Gasteiger partial charge in [-0.15, -0.1) is 0 Å². The van der Waals surface area contributed by atoms with Crippen LogP contribution < -0.4 is 17.2 Å². The minimum Gasteiger partial charge on any atom is -0.369 e. The first-order chi connectivity index (χ1) is 16.1.